The molecule has 3 rings (SSSR count). The maximum absolute atomic E-state index is 13.3. The van der Waals surface area contributed by atoms with E-state index in [0.717, 1.165) is 30.9 Å². The number of hydrogen-bond donors (Lipinski definition) is 1. The first kappa shape index (κ1) is 21.5. The van der Waals surface area contributed by atoms with Gasteiger partial charge in [0.25, 0.3) is 0 Å². The summed E-state index contributed by atoms with van der Waals surface area (Å²) in [5.41, 5.74) is 0. The molecule has 28 heavy (non-hydrogen) atoms. The van der Waals surface area contributed by atoms with Crippen LogP contribution in [0.2, 0.25) is 5.02 Å². The van der Waals surface area contributed by atoms with Crippen LogP contribution in [0, 0.1) is 17.7 Å². The molecule has 2 aliphatic rings. The van der Waals surface area contributed by atoms with E-state index in [1.54, 1.807) is 0 Å². The third-order valence-corrected chi connectivity index (χ3v) is 8.31. The minimum atomic E-state index is -3.74. The minimum absolute atomic E-state index is 0.0190. The van der Waals surface area contributed by atoms with Crippen LogP contribution < -0.4 is 5.32 Å². The predicted molar refractivity (Wildman–Crippen MR) is 107 cm³/mol. The fraction of sp³-hybridized carbons (Fsp3) is 0.650. The number of carbonyl (C=O) groups excluding carboxylic acids is 1. The molecule has 8 heteroatoms. The molecule has 2 fully saturated rings. The van der Waals surface area contributed by atoms with Crippen molar-refractivity contribution in [1.29, 1.82) is 0 Å². The molecule has 1 N–H and O–H groups in total. The summed E-state index contributed by atoms with van der Waals surface area (Å²) in [5, 5.41) is 2.95. The first-order valence-electron chi connectivity index (χ1n) is 10.1. The fourth-order valence-corrected chi connectivity index (χ4v) is 5.92. The van der Waals surface area contributed by atoms with Crippen LogP contribution in [0.25, 0.3) is 0 Å². The smallest absolute Gasteiger partial charge is 0.243 e. The Hall–Kier alpha value is -1.18. The zero-order valence-corrected chi connectivity index (χ0v) is 17.7. The second-order valence-electron chi connectivity index (χ2n) is 7.89. The molecule has 0 radical (unpaired) electrons. The predicted octanol–water partition coefficient (Wildman–Crippen LogP) is 3.96. The largest absolute Gasteiger partial charge is 0.353 e. The number of benzene rings is 1. The molecule has 1 saturated carbocycles. The maximum Gasteiger partial charge on any atom is 0.243 e. The van der Waals surface area contributed by atoms with E-state index in [1.807, 2.05) is 0 Å². The average Bonchev–Trinajstić information content (AvgIpc) is 2.70. The van der Waals surface area contributed by atoms with Crippen molar-refractivity contribution < 1.29 is 17.6 Å². The summed E-state index contributed by atoms with van der Waals surface area (Å²) < 4.78 is 40.2. The van der Waals surface area contributed by atoms with Gasteiger partial charge in [0.05, 0.1) is 9.92 Å². The molecule has 1 aromatic rings. The highest BCUT2D eigenvalue weighted by Gasteiger charge is 2.33. The van der Waals surface area contributed by atoms with Gasteiger partial charge in [-0.05, 0) is 62.6 Å². The van der Waals surface area contributed by atoms with Gasteiger partial charge in [-0.2, -0.15) is 4.31 Å². The summed E-state index contributed by atoms with van der Waals surface area (Å²) in [7, 11) is -3.74. The molecule has 1 heterocycles. The Balaban J connectivity index is 1.53. The molecule has 1 aromatic carbocycles. The second-order valence-corrected chi connectivity index (χ2v) is 10.2. The van der Waals surface area contributed by atoms with Gasteiger partial charge < -0.3 is 5.32 Å². The maximum atomic E-state index is 13.3. The molecule has 1 amide bonds. The SMILES string of the molecule is CCC1CCC(NC(=O)C2CCN(S(=O)(=O)c3ccc(F)c(Cl)c3)CC2)CC1. The summed E-state index contributed by atoms with van der Waals surface area (Å²) in [6, 6.07) is 3.67. The van der Waals surface area contributed by atoms with Gasteiger partial charge >= 0.3 is 0 Å². The standard InChI is InChI=1S/C20H28ClFN2O3S/c1-2-14-3-5-16(6-4-14)23-20(25)15-9-11-24(12-10-15)28(26,27)17-7-8-19(22)18(21)13-17/h7-8,13-16H,2-6,9-12H2,1H3,(H,23,25). The highest BCUT2D eigenvalue weighted by atomic mass is 35.5. The first-order valence-corrected chi connectivity index (χ1v) is 11.9. The number of piperidine rings is 1. The lowest BCUT2D eigenvalue weighted by Crippen LogP contribution is -2.46. The van der Waals surface area contributed by atoms with Crippen LogP contribution in [-0.2, 0) is 14.8 Å². The van der Waals surface area contributed by atoms with Crippen molar-refractivity contribution in [3.63, 3.8) is 0 Å². The molecule has 156 valence electrons. The summed E-state index contributed by atoms with van der Waals surface area (Å²) >= 11 is 5.72. The molecular weight excluding hydrogens is 403 g/mol. The van der Waals surface area contributed by atoms with E-state index in [9.17, 15) is 17.6 Å². The van der Waals surface area contributed by atoms with Crippen molar-refractivity contribution in [3.8, 4) is 0 Å². The van der Waals surface area contributed by atoms with Crippen LogP contribution in [0.3, 0.4) is 0 Å². The number of nitrogens with zero attached hydrogens (tertiary/aromatic N) is 1. The van der Waals surface area contributed by atoms with Gasteiger partial charge in [-0.15, -0.1) is 0 Å². The summed E-state index contributed by atoms with van der Waals surface area (Å²) in [6.45, 7) is 2.77. The van der Waals surface area contributed by atoms with Crippen molar-refractivity contribution in [2.24, 2.45) is 11.8 Å². The minimum Gasteiger partial charge on any atom is -0.353 e. The van der Waals surface area contributed by atoms with Gasteiger partial charge in [-0.3, -0.25) is 4.79 Å². The number of rotatable bonds is 5. The lowest BCUT2D eigenvalue weighted by molar-refractivity contribution is -0.127. The molecule has 0 atom stereocenters. The lowest BCUT2D eigenvalue weighted by atomic mass is 9.84. The van der Waals surface area contributed by atoms with E-state index in [1.165, 1.54) is 29.6 Å². The molecule has 0 aromatic heterocycles. The molecule has 0 unspecified atom stereocenters. The molecule has 0 spiro atoms. The molecule has 0 bridgehead atoms. The topological polar surface area (TPSA) is 66.5 Å². The van der Waals surface area contributed by atoms with Gasteiger partial charge in [0, 0.05) is 25.0 Å². The van der Waals surface area contributed by atoms with Gasteiger partial charge in [-0.1, -0.05) is 24.9 Å². The Kier molecular flexibility index (Phi) is 6.99. The number of carbonyl (C=O) groups is 1. The second kappa shape index (κ2) is 9.09. The van der Waals surface area contributed by atoms with Crippen LogP contribution in [0.4, 0.5) is 4.39 Å². The first-order chi connectivity index (χ1) is 13.3. The zero-order chi connectivity index (χ0) is 20.3. The number of nitrogens with one attached hydrogen (secondary N) is 1. The van der Waals surface area contributed by atoms with Crippen molar-refractivity contribution >= 4 is 27.5 Å². The average molecular weight is 431 g/mol. The number of sulfonamides is 1. The van der Waals surface area contributed by atoms with E-state index < -0.39 is 15.8 Å². The molecule has 1 aliphatic heterocycles. The van der Waals surface area contributed by atoms with E-state index in [2.05, 4.69) is 12.2 Å². The Labute approximate surface area is 171 Å². The van der Waals surface area contributed by atoms with Gasteiger partial charge in [0.1, 0.15) is 5.82 Å². The third kappa shape index (κ3) is 4.86. The van der Waals surface area contributed by atoms with Gasteiger partial charge in [-0.25, -0.2) is 12.8 Å². The molecule has 1 saturated heterocycles. The summed E-state index contributed by atoms with van der Waals surface area (Å²) in [6.07, 6.45) is 6.57. The van der Waals surface area contributed by atoms with Crippen molar-refractivity contribution in [2.75, 3.05) is 13.1 Å². The van der Waals surface area contributed by atoms with E-state index >= 15 is 0 Å². The van der Waals surface area contributed by atoms with Gasteiger partial charge in [0.2, 0.25) is 15.9 Å². The number of amides is 1. The van der Waals surface area contributed by atoms with Crippen molar-refractivity contribution in [1.82, 2.24) is 9.62 Å². The Morgan fingerprint density at radius 3 is 2.39 bits per heavy atom. The van der Waals surface area contributed by atoms with Crippen LogP contribution in [0.1, 0.15) is 51.9 Å². The van der Waals surface area contributed by atoms with Crippen LogP contribution in [0.15, 0.2) is 23.1 Å². The van der Waals surface area contributed by atoms with Crippen molar-refractivity contribution in [3.05, 3.63) is 29.0 Å². The highest BCUT2D eigenvalue weighted by molar-refractivity contribution is 7.89. The Morgan fingerprint density at radius 2 is 1.82 bits per heavy atom. The summed E-state index contributed by atoms with van der Waals surface area (Å²) in [4.78, 5) is 12.6. The van der Waals surface area contributed by atoms with Gasteiger partial charge in [0.15, 0.2) is 0 Å². The molecule has 1 aliphatic carbocycles. The highest BCUT2D eigenvalue weighted by Crippen LogP contribution is 2.29. The van der Waals surface area contributed by atoms with Crippen LogP contribution in [-0.4, -0.2) is 37.8 Å². The van der Waals surface area contributed by atoms with Crippen LogP contribution >= 0.6 is 11.6 Å². The third-order valence-electron chi connectivity index (χ3n) is 6.12. The van der Waals surface area contributed by atoms with E-state index in [-0.39, 0.29) is 40.9 Å². The zero-order valence-electron chi connectivity index (χ0n) is 16.2. The van der Waals surface area contributed by atoms with Crippen molar-refractivity contribution in [2.45, 2.75) is 62.8 Å². The molecule has 5 nitrogen and oxygen atoms in total. The monoisotopic (exact) mass is 430 g/mol. The van der Waals surface area contributed by atoms with E-state index in [0.29, 0.717) is 12.8 Å². The lowest BCUT2D eigenvalue weighted by Gasteiger charge is -2.33. The summed E-state index contributed by atoms with van der Waals surface area (Å²) in [5.74, 6) is 0.0134. The number of halogens is 2. The Bertz CT molecular complexity index is 802. The fourth-order valence-electron chi connectivity index (χ4n) is 4.18. The quantitative estimate of drug-likeness (QED) is 0.768. The van der Waals surface area contributed by atoms with E-state index in [4.69, 9.17) is 11.6 Å². The van der Waals surface area contributed by atoms with Crippen LogP contribution in [0.5, 0.6) is 0 Å². The number of hydrogen-bond acceptors (Lipinski definition) is 3. The Morgan fingerprint density at radius 1 is 1.18 bits per heavy atom. The molecular formula is C20H28ClFN2O3S. The normalized spacial score (nSPS) is 24.8.